The van der Waals surface area contributed by atoms with Crippen LogP contribution in [0.1, 0.15) is 6.42 Å². The zero-order valence-corrected chi connectivity index (χ0v) is 11.6. The molecular weight excluding hydrogens is 288 g/mol. The van der Waals surface area contributed by atoms with Gasteiger partial charge in [-0.1, -0.05) is 0 Å². The molecule has 1 aliphatic heterocycles. The van der Waals surface area contributed by atoms with E-state index in [9.17, 15) is 0 Å². The molecule has 88 valence electrons. The number of aromatic nitrogens is 2. The highest BCUT2D eigenvalue weighted by molar-refractivity contribution is 9.10. The van der Waals surface area contributed by atoms with E-state index in [-0.39, 0.29) is 0 Å². The Bertz CT molecular complexity index is 355. The number of thioether (sulfide) groups is 1. The lowest BCUT2D eigenvalue weighted by atomic mass is 10.1. The van der Waals surface area contributed by atoms with Crippen LogP contribution in [-0.2, 0) is 0 Å². The number of anilines is 2. The summed E-state index contributed by atoms with van der Waals surface area (Å²) in [4.78, 5) is 8.49. The summed E-state index contributed by atoms with van der Waals surface area (Å²) in [6.45, 7) is 0.992. The Morgan fingerprint density at radius 2 is 2.50 bits per heavy atom. The molecule has 1 atom stereocenters. The van der Waals surface area contributed by atoms with E-state index in [1.807, 2.05) is 18.8 Å². The van der Waals surface area contributed by atoms with Gasteiger partial charge in [-0.2, -0.15) is 16.7 Å². The van der Waals surface area contributed by atoms with E-state index in [0.717, 1.165) is 22.8 Å². The summed E-state index contributed by atoms with van der Waals surface area (Å²) in [5.74, 6) is 4.83. The van der Waals surface area contributed by atoms with Crippen molar-refractivity contribution >= 4 is 39.5 Å². The minimum absolute atomic E-state index is 0.645. The molecular formula is C10H15BrN4S. The van der Waals surface area contributed by atoms with Crippen LogP contribution < -0.4 is 10.6 Å². The molecule has 1 aliphatic rings. The lowest BCUT2D eigenvalue weighted by molar-refractivity contribution is 0.630. The second kappa shape index (κ2) is 5.72. The van der Waals surface area contributed by atoms with Gasteiger partial charge >= 0.3 is 0 Å². The summed E-state index contributed by atoms with van der Waals surface area (Å²) in [6.07, 6.45) is 3.07. The molecule has 1 saturated heterocycles. The molecule has 0 aliphatic carbocycles. The van der Waals surface area contributed by atoms with Gasteiger partial charge in [-0.05, 0) is 39.8 Å². The highest BCUT2D eigenvalue weighted by Gasteiger charge is 2.15. The summed E-state index contributed by atoms with van der Waals surface area (Å²) >= 11 is 5.48. The molecule has 2 N–H and O–H groups in total. The van der Waals surface area contributed by atoms with Crippen LogP contribution in [0.15, 0.2) is 10.7 Å². The fraction of sp³-hybridized carbons (Fsp3) is 0.600. The number of nitrogens with one attached hydrogen (secondary N) is 2. The van der Waals surface area contributed by atoms with Crippen molar-refractivity contribution in [3.63, 3.8) is 0 Å². The maximum Gasteiger partial charge on any atom is 0.224 e. The third-order valence-corrected chi connectivity index (χ3v) is 4.36. The normalized spacial score (nSPS) is 19.8. The SMILES string of the molecule is CNc1ncc(Br)c(NCC2CCSC2)n1. The van der Waals surface area contributed by atoms with Crippen molar-refractivity contribution in [3.05, 3.63) is 10.7 Å². The predicted octanol–water partition coefficient (Wildman–Crippen LogP) is 2.45. The van der Waals surface area contributed by atoms with Gasteiger partial charge in [-0.15, -0.1) is 0 Å². The summed E-state index contributed by atoms with van der Waals surface area (Å²) in [7, 11) is 1.82. The molecule has 0 radical (unpaired) electrons. The molecule has 6 heteroatoms. The molecule has 2 rings (SSSR count). The number of nitrogens with zero attached hydrogens (tertiary/aromatic N) is 2. The Kier molecular flexibility index (Phi) is 4.29. The third kappa shape index (κ3) is 3.01. The summed E-state index contributed by atoms with van der Waals surface area (Å²) in [5, 5.41) is 6.31. The molecule has 1 unspecified atom stereocenters. The van der Waals surface area contributed by atoms with Gasteiger partial charge in [0.05, 0.1) is 4.47 Å². The molecule has 0 saturated carbocycles. The van der Waals surface area contributed by atoms with Crippen LogP contribution in [0.2, 0.25) is 0 Å². The third-order valence-electron chi connectivity index (χ3n) is 2.55. The van der Waals surface area contributed by atoms with Crippen LogP contribution in [0.25, 0.3) is 0 Å². The van der Waals surface area contributed by atoms with Gasteiger partial charge < -0.3 is 10.6 Å². The van der Waals surface area contributed by atoms with Gasteiger partial charge in [0.1, 0.15) is 5.82 Å². The van der Waals surface area contributed by atoms with E-state index in [1.54, 1.807) is 6.20 Å². The zero-order chi connectivity index (χ0) is 11.4. The predicted molar refractivity (Wildman–Crippen MR) is 73.2 cm³/mol. The first-order valence-electron chi connectivity index (χ1n) is 5.31. The largest absolute Gasteiger partial charge is 0.369 e. The highest BCUT2D eigenvalue weighted by Crippen LogP contribution is 2.25. The fourth-order valence-electron chi connectivity index (χ4n) is 1.60. The van der Waals surface area contributed by atoms with E-state index in [2.05, 4.69) is 36.5 Å². The summed E-state index contributed by atoms with van der Waals surface area (Å²) in [5.41, 5.74) is 0. The molecule has 4 nitrogen and oxygen atoms in total. The van der Waals surface area contributed by atoms with E-state index in [1.165, 1.54) is 17.9 Å². The molecule has 0 bridgehead atoms. The van der Waals surface area contributed by atoms with Crippen LogP contribution in [0.4, 0.5) is 11.8 Å². The van der Waals surface area contributed by atoms with Crippen molar-refractivity contribution in [2.45, 2.75) is 6.42 Å². The standard InChI is InChI=1S/C10H15BrN4S/c1-12-10-14-5-8(11)9(15-10)13-4-7-2-3-16-6-7/h5,7H,2-4,6H2,1H3,(H2,12,13,14,15). The van der Waals surface area contributed by atoms with E-state index in [0.29, 0.717) is 5.95 Å². The van der Waals surface area contributed by atoms with Crippen molar-refractivity contribution in [1.82, 2.24) is 9.97 Å². The van der Waals surface area contributed by atoms with Crippen LogP contribution in [0.3, 0.4) is 0 Å². The monoisotopic (exact) mass is 302 g/mol. The van der Waals surface area contributed by atoms with Crippen LogP contribution in [0, 0.1) is 5.92 Å². The quantitative estimate of drug-likeness (QED) is 0.895. The number of hydrogen-bond donors (Lipinski definition) is 2. The molecule has 1 fully saturated rings. The van der Waals surface area contributed by atoms with Crippen molar-refractivity contribution in [2.24, 2.45) is 5.92 Å². The average molecular weight is 303 g/mol. The van der Waals surface area contributed by atoms with E-state index < -0.39 is 0 Å². The zero-order valence-electron chi connectivity index (χ0n) is 9.16. The maximum absolute atomic E-state index is 4.36. The number of rotatable bonds is 4. The Hall–Kier alpha value is -0.490. The minimum Gasteiger partial charge on any atom is -0.369 e. The fourth-order valence-corrected chi connectivity index (χ4v) is 3.21. The first-order chi connectivity index (χ1) is 7.79. The molecule has 0 spiro atoms. The first-order valence-corrected chi connectivity index (χ1v) is 7.26. The van der Waals surface area contributed by atoms with Gasteiger partial charge in [0.15, 0.2) is 0 Å². The van der Waals surface area contributed by atoms with Gasteiger partial charge in [0.2, 0.25) is 5.95 Å². The van der Waals surface area contributed by atoms with E-state index >= 15 is 0 Å². The Labute approximate surface area is 108 Å². The van der Waals surface area contributed by atoms with Gasteiger partial charge in [0, 0.05) is 19.8 Å². The van der Waals surface area contributed by atoms with Crippen molar-refractivity contribution in [1.29, 1.82) is 0 Å². The van der Waals surface area contributed by atoms with Gasteiger partial charge in [-0.25, -0.2) is 4.98 Å². The highest BCUT2D eigenvalue weighted by atomic mass is 79.9. The van der Waals surface area contributed by atoms with Crippen LogP contribution in [-0.4, -0.2) is 35.1 Å². The summed E-state index contributed by atoms with van der Waals surface area (Å²) in [6, 6.07) is 0. The Morgan fingerprint density at radius 3 is 3.19 bits per heavy atom. The molecule has 1 aromatic heterocycles. The second-order valence-electron chi connectivity index (χ2n) is 3.75. The lowest BCUT2D eigenvalue weighted by Crippen LogP contribution is -2.15. The van der Waals surface area contributed by atoms with Gasteiger partial charge in [-0.3, -0.25) is 0 Å². The molecule has 0 amide bonds. The number of halogens is 1. The molecule has 2 heterocycles. The Morgan fingerprint density at radius 1 is 1.62 bits per heavy atom. The smallest absolute Gasteiger partial charge is 0.224 e. The van der Waals surface area contributed by atoms with Crippen molar-refractivity contribution in [2.75, 3.05) is 35.7 Å². The molecule has 16 heavy (non-hydrogen) atoms. The summed E-state index contributed by atoms with van der Waals surface area (Å²) < 4.78 is 0.914. The van der Waals surface area contributed by atoms with Crippen molar-refractivity contribution < 1.29 is 0 Å². The molecule has 1 aromatic rings. The van der Waals surface area contributed by atoms with Crippen LogP contribution in [0.5, 0.6) is 0 Å². The second-order valence-corrected chi connectivity index (χ2v) is 5.75. The molecule has 0 aromatic carbocycles. The maximum atomic E-state index is 4.36. The van der Waals surface area contributed by atoms with Crippen molar-refractivity contribution in [3.8, 4) is 0 Å². The first kappa shape index (κ1) is 12.0. The minimum atomic E-state index is 0.645. The number of hydrogen-bond acceptors (Lipinski definition) is 5. The van der Waals surface area contributed by atoms with Crippen LogP contribution >= 0.6 is 27.7 Å². The average Bonchev–Trinajstić information content (AvgIpc) is 2.81. The van der Waals surface area contributed by atoms with E-state index in [4.69, 9.17) is 0 Å². The Balaban J connectivity index is 1.96. The topological polar surface area (TPSA) is 49.8 Å². The van der Waals surface area contributed by atoms with Gasteiger partial charge in [0.25, 0.3) is 0 Å². The lowest BCUT2D eigenvalue weighted by Gasteiger charge is -2.12.